The Balaban J connectivity index is 1.87. The van der Waals surface area contributed by atoms with Crippen molar-refractivity contribution in [1.82, 2.24) is 5.32 Å². The Morgan fingerprint density at radius 1 is 0.947 bits per heavy atom. The van der Waals surface area contributed by atoms with Crippen LogP contribution in [0.5, 0.6) is 5.75 Å². The first kappa shape index (κ1) is 16.3. The number of hydrogen-bond acceptors (Lipinski definition) is 2. The second-order valence-corrected chi connectivity index (χ2v) is 5.26. The summed E-state index contributed by atoms with van der Waals surface area (Å²) in [6, 6.07) is 7.53. The average molecular weight is 284 g/mol. The largest absolute Gasteiger partial charge is 0.494 e. The number of unbranched alkanes of at least 4 members (excludes halogenated alkanes) is 4. The average Bonchev–Trinajstić information content (AvgIpc) is 2.43. The van der Waals surface area contributed by atoms with Gasteiger partial charge in [0.15, 0.2) is 0 Å². The van der Waals surface area contributed by atoms with E-state index in [9.17, 15) is 0 Å². The Bertz CT molecular complexity index is 313. The van der Waals surface area contributed by atoms with Crippen molar-refractivity contribution in [2.45, 2.75) is 45.4 Å². The van der Waals surface area contributed by atoms with E-state index in [1.165, 1.54) is 32.1 Å². The maximum atomic E-state index is 5.81. The van der Waals surface area contributed by atoms with Gasteiger partial charge in [-0.05, 0) is 56.6 Å². The second kappa shape index (κ2) is 11.1. The standard InChI is InChI=1S/C16H26ClNO/c1-2-3-4-5-12-18-13-6-7-14-19-16-10-8-15(17)9-11-16/h8-11,18H,2-7,12-14H2,1H3. The van der Waals surface area contributed by atoms with E-state index in [0.29, 0.717) is 0 Å². The number of nitrogens with one attached hydrogen (secondary N) is 1. The minimum Gasteiger partial charge on any atom is -0.494 e. The quantitative estimate of drug-likeness (QED) is 0.596. The first-order valence-corrected chi connectivity index (χ1v) is 7.80. The molecule has 3 heteroatoms. The molecule has 0 radical (unpaired) electrons. The molecule has 0 aliphatic carbocycles. The van der Waals surface area contributed by atoms with E-state index in [1.54, 1.807) is 0 Å². The molecule has 0 aliphatic rings. The zero-order valence-electron chi connectivity index (χ0n) is 12.0. The summed E-state index contributed by atoms with van der Waals surface area (Å²) in [5.74, 6) is 0.900. The van der Waals surface area contributed by atoms with Crippen LogP contribution in [-0.4, -0.2) is 19.7 Å². The fourth-order valence-electron chi connectivity index (χ4n) is 1.87. The van der Waals surface area contributed by atoms with Crippen LogP contribution in [0.25, 0.3) is 0 Å². The highest BCUT2D eigenvalue weighted by molar-refractivity contribution is 6.30. The van der Waals surface area contributed by atoms with Crippen molar-refractivity contribution < 1.29 is 4.74 Å². The summed E-state index contributed by atoms with van der Waals surface area (Å²) in [5, 5.41) is 4.23. The third-order valence-electron chi connectivity index (χ3n) is 3.04. The number of ether oxygens (including phenoxy) is 1. The zero-order chi connectivity index (χ0) is 13.8. The minimum absolute atomic E-state index is 0.750. The van der Waals surface area contributed by atoms with E-state index >= 15 is 0 Å². The van der Waals surface area contributed by atoms with Gasteiger partial charge in [-0.15, -0.1) is 0 Å². The number of benzene rings is 1. The van der Waals surface area contributed by atoms with Gasteiger partial charge >= 0.3 is 0 Å². The lowest BCUT2D eigenvalue weighted by Crippen LogP contribution is -2.17. The van der Waals surface area contributed by atoms with Crippen molar-refractivity contribution >= 4 is 11.6 Å². The summed E-state index contributed by atoms with van der Waals surface area (Å²) >= 11 is 5.81. The molecular formula is C16H26ClNO. The molecule has 0 spiro atoms. The summed E-state index contributed by atoms with van der Waals surface area (Å²) in [7, 11) is 0. The van der Waals surface area contributed by atoms with Crippen LogP contribution in [0.2, 0.25) is 5.02 Å². The van der Waals surface area contributed by atoms with E-state index in [1.807, 2.05) is 24.3 Å². The van der Waals surface area contributed by atoms with Crippen molar-refractivity contribution in [2.75, 3.05) is 19.7 Å². The van der Waals surface area contributed by atoms with Gasteiger partial charge < -0.3 is 10.1 Å². The second-order valence-electron chi connectivity index (χ2n) is 4.82. The van der Waals surface area contributed by atoms with Crippen molar-refractivity contribution in [3.8, 4) is 5.75 Å². The number of rotatable bonds is 11. The predicted octanol–water partition coefficient (Wildman–Crippen LogP) is 4.67. The summed E-state index contributed by atoms with van der Waals surface area (Å²) in [5.41, 5.74) is 0. The minimum atomic E-state index is 0.750. The smallest absolute Gasteiger partial charge is 0.119 e. The molecule has 0 aliphatic heterocycles. The van der Waals surface area contributed by atoms with Crippen molar-refractivity contribution in [1.29, 1.82) is 0 Å². The van der Waals surface area contributed by atoms with E-state index in [4.69, 9.17) is 16.3 Å². The van der Waals surface area contributed by atoms with Gasteiger partial charge in [0.1, 0.15) is 5.75 Å². The van der Waals surface area contributed by atoms with Gasteiger partial charge in [-0.1, -0.05) is 37.8 Å². The summed E-state index contributed by atoms with van der Waals surface area (Å²) in [4.78, 5) is 0. The Labute approximate surface area is 122 Å². The SMILES string of the molecule is CCCCCCNCCCCOc1ccc(Cl)cc1. The summed E-state index contributed by atoms with van der Waals surface area (Å²) in [6.07, 6.45) is 7.57. The first-order chi connectivity index (χ1) is 9.33. The van der Waals surface area contributed by atoms with Crippen LogP contribution in [0, 0.1) is 0 Å². The first-order valence-electron chi connectivity index (χ1n) is 7.42. The van der Waals surface area contributed by atoms with Crippen LogP contribution in [0.1, 0.15) is 45.4 Å². The van der Waals surface area contributed by atoms with Gasteiger partial charge in [0.05, 0.1) is 6.61 Å². The van der Waals surface area contributed by atoms with Crippen LogP contribution >= 0.6 is 11.6 Å². The maximum Gasteiger partial charge on any atom is 0.119 e. The fourth-order valence-corrected chi connectivity index (χ4v) is 2.00. The van der Waals surface area contributed by atoms with Gasteiger partial charge in [-0.2, -0.15) is 0 Å². The summed E-state index contributed by atoms with van der Waals surface area (Å²) in [6.45, 7) is 5.27. The highest BCUT2D eigenvalue weighted by atomic mass is 35.5. The molecule has 0 unspecified atom stereocenters. The normalized spacial score (nSPS) is 10.6. The van der Waals surface area contributed by atoms with Gasteiger partial charge in [0.2, 0.25) is 0 Å². The highest BCUT2D eigenvalue weighted by Gasteiger charge is 1.94. The monoisotopic (exact) mass is 283 g/mol. The van der Waals surface area contributed by atoms with Crippen LogP contribution in [0.3, 0.4) is 0 Å². The third kappa shape index (κ3) is 8.90. The lowest BCUT2D eigenvalue weighted by atomic mass is 10.2. The molecule has 108 valence electrons. The molecule has 0 aromatic heterocycles. The Kier molecular flexibility index (Phi) is 9.56. The van der Waals surface area contributed by atoms with E-state index < -0.39 is 0 Å². The molecule has 19 heavy (non-hydrogen) atoms. The van der Waals surface area contributed by atoms with Crippen molar-refractivity contribution in [3.05, 3.63) is 29.3 Å². The number of hydrogen-bond donors (Lipinski definition) is 1. The molecule has 1 N–H and O–H groups in total. The zero-order valence-corrected chi connectivity index (χ0v) is 12.7. The Hall–Kier alpha value is -0.730. The van der Waals surface area contributed by atoms with Gasteiger partial charge in [0, 0.05) is 5.02 Å². The van der Waals surface area contributed by atoms with Crippen LogP contribution in [0.4, 0.5) is 0 Å². The lowest BCUT2D eigenvalue weighted by Gasteiger charge is -2.07. The van der Waals surface area contributed by atoms with Gasteiger partial charge in [-0.25, -0.2) is 0 Å². The highest BCUT2D eigenvalue weighted by Crippen LogP contribution is 2.15. The van der Waals surface area contributed by atoms with E-state index in [2.05, 4.69) is 12.2 Å². The molecular weight excluding hydrogens is 258 g/mol. The Morgan fingerprint density at radius 3 is 2.32 bits per heavy atom. The van der Waals surface area contributed by atoms with Crippen LogP contribution < -0.4 is 10.1 Å². The van der Waals surface area contributed by atoms with Crippen LogP contribution in [0.15, 0.2) is 24.3 Å². The van der Waals surface area contributed by atoms with E-state index in [-0.39, 0.29) is 0 Å². The molecule has 2 nitrogen and oxygen atoms in total. The van der Waals surface area contributed by atoms with Crippen molar-refractivity contribution in [2.24, 2.45) is 0 Å². The lowest BCUT2D eigenvalue weighted by molar-refractivity contribution is 0.306. The number of halogens is 1. The molecule has 0 amide bonds. The van der Waals surface area contributed by atoms with Gasteiger partial charge in [-0.3, -0.25) is 0 Å². The van der Waals surface area contributed by atoms with Crippen LogP contribution in [-0.2, 0) is 0 Å². The Morgan fingerprint density at radius 2 is 1.63 bits per heavy atom. The predicted molar refractivity (Wildman–Crippen MR) is 83.2 cm³/mol. The third-order valence-corrected chi connectivity index (χ3v) is 3.29. The summed E-state index contributed by atoms with van der Waals surface area (Å²) < 4.78 is 5.63. The molecule has 1 rings (SSSR count). The maximum absolute atomic E-state index is 5.81. The molecule has 1 aromatic rings. The molecule has 0 saturated carbocycles. The molecule has 0 bridgehead atoms. The molecule has 1 aromatic carbocycles. The molecule has 0 atom stereocenters. The van der Waals surface area contributed by atoms with Crippen molar-refractivity contribution in [3.63, 3.8) is 0 Å². The fraction of sp³-hybridized carbons (Fsp3) is 0.625. The molecule has 0 saturated heterocycles. The van der Waals surface area contributed by atoms with E-state index in [0.717, 1.165) is 36.9 Å². The molecule has 0 heterocycles. The molecule has 0 fully saturated rings. The van der Waals surface area contributed by atoms with Gasteiger partial charge in [0.25, 0.3) is 0 Å². The topological polar surface area (TPSA) is 21.3 Å².